The van der Waals surface area contributed by atoms with Crippen molar-refractivity contribution in [3.05, 3.63) is 102 Å². The van der Waals surface area contributed by atoms with E-state index in [1.807, 2.05) is 19.1 Å². The van der Waals surface area contributed by atoms with E-state index in [1.165, 1.54) is 13.3 Å². The van der Waals surface area contributed by atoms with Crippen molar-refractivity contribution in [3.8, 4) is 17.2 Å². The molecule has 0 heterocycles. The van der Waals surface area contributed by atoms with Crippen molar-refractivity contribution in [2.75, 3.05) is 13.7 Å². The minimum atomic E-state index is -0.483. The van der Waals surface area contributed by atoms with E-state index in [9.17, 15) is 9.59 Å². The molecule has 0 atom stereocenters. The van der Waals surface area contributed by atoms with E-state index in [0.29, 0.717) is 34.8 Å². The third-order valence-electron chi connectivity index (χ3n) is 4.54. The van der Waals surface area contributed by atoms with Crippen LogP contribution < -0.4 is 19.6 Å². The Morgan fingerprint density at radius 2 is 1.67 bits per heavy atom. The fourth-order valence-electron chi connectivity index (χ4n) is 2.78. The zero-order valence-electron chi connectivity index (χ0n) is 18.4. The van der Waals surface area contributed by atoms with Crippen LogP contribution in [0.3, 0.4) is 0 Å². The van der Waals surface area contributed by atoms with Crippen LogP contribution >= 0.6 is 0 Å². The number of methoxy groups -OCH3 is 1. The number of amides is 1. The molecule has 0 spiro atoms. The van der Waals surface area contributed by atoms with Crippen LogP contribution in [0.4, 0.5) is 0 Å². The van der Waals surface area contributed by atoms with Crippen LogP contribution in [0.15, 0.2) is 84.5 Å². The maximum atomic E-state index is 12.4. The summed E-state index contributed by atoms with van der Waals surface area (Å²) in [6.45, 7) is 5.92. The van der Waals surface area contributed by atoms with E-state index in [4.69, 9.17) is 14.2 Å². The predicted molar refractivity (Wildman–Crippen MR) is 126 cm³/mol. The van der Waals surface area contributed by atoms with Crippen molar-refractivity contribution in [3.63, 3.8) is 0 Å². The van der Waals surface area contributed by atoms with Gasteiger partial charge in [0.2, 0.25) is 0 Å². The van der Waals surface area contributed by atoms with Crippen molar-refractivity contribution in [2.24, 2.45) is 5.10 Å². The quantitative estimate of drug-likeness (QED) is 0.172. The number of benzene rings is 3. The highest BCUT2D eigenvalue weighted by molar-refractivity contribution is 5.95. The van der Waals surface area contributed by atoms with Crippen molar-refractivity contribution in [1.29, 1.82) is 0 Å². The number of carbonyl (C=O) groups excluding carboxylic acids is 2. The molecule has 33 heavy (non-hydrogen) atoms. The number of hydrogen-bond donors (Lipinski definition) is 1. The largest absolute Gasteiger partial charge is 0.493 e. The highest BCUT2D eigenvalue weighted by Gasteiger charge is 2.13. The minimum absolute atomic E-state index is 0.281. The zero-order chi connectivity index (χ0) is 23.6. The third kappa shape index (κ3) is 6.54. The van der Waals surface area contributed by atoms with E-state index in [2.05, 4.69) is 17.1 Å². The van der Waals surface area contributed by atoms with Gasteiger partial charge < -0.3 is 14.2 Å². The summed E-state index contributed by atoms with van der Waals surface area (Å²) >= 11 is 0. The van der Waals surface area contributed by atoms with Crippen molar-refractivity contribution >= 4 is 18.1 Å². The molecule has 0 saturated carbocycles. The Hall–Kier alpha value is -4.39. The first-order chi connectivity index (χ1) is 16.0. The third-order valence-corrected chi connectivity index (χ3v) is 4.54. The Labute approximate surface area is 192 Å². The number of aryl methyl sites for hydroxylation is 1. The lowest BCUT2D eigenvalue weighted by atomic mass is 10.1. The van der Waals surface area contributed by atoms with Crippen LogP contribution in [0.1, 0.15) is 31.8 Å². The van der Waals surface area contributed by atoms with Gasteiger partial charge in [0.05, 0.1) is 18.9 Å². The lowest BCUT2D eigenvalue weighted by Gasteiger charge is -2.10. The summed E-state index contributed by atoms with van der Waals surface area (Å²) in [6, 6.07) is 18.7. The summed E-state index contributed by atoms with van der Waals surface area (Å²) in [5.41, 5.74) is 5.05. The van der Waals surface area contributed by atoms with Crippen LogP contribution in [0.25, 0.3) is 0 Å². The van der Waals surface area contributed by atoms with E-state index in [1.54, 1.807) is 60.7 Å². The molecule has 0 radical (unpaired) electrons. The van der Waals surface area contributed by atoms with Crippen molar-refractivity contribution in [1.82, 2.24) is 5.43 Å². The zero-order valence-corrected chi connectivity index (χ0v) is 18.4. The standard InChI is InChI=1S/C26H24N2O5/c1-4-15-32-22-12-10-20(11-13-22)25(29)28-27-17-19-7-14-23(24(16-19)31-3)33-26(30)21-8-5-18(2)6-9-21/h4-14,16-17H,1,15H2,2-3H3,(H,28,29). The molecular formula is C26H24N2O5. The molecule has 1 N–H and O–H groups in total. The minimum Gasteiger partial charge on any atom is -0.493 e. The molecule has 0 aliphatic rings. The second-order valence-corrected chi connectivity index (χ2v) is 6.99. The SMILES string of the molecule is C=CCOc1ccc(C(=O)NN=Cc2ccc(OC(=O)c3ccc(C)cc3)c(OC)c2)cc1. The van der Waals surface area contributed by atoms with Gasteiger partial charge in [0.15, 0.2) is 11.5 Å². The van der Waals surface area contributed by atoms with Crippen LogP contribution in [0.5, 0.6) is 17.2 Å². The highest BCUT2D eigenvalue weighted by atomic mass is 16.6. The Bertz CT molecular complexity index is 1150. The van der Waals surface area contributed by atoms with E-state index < -0.39 is 5.97 Å². The molecule has 0 aliphatic heterocycles. The molecule has 0 aliphatic carbocycles. The molecule has 3 rings (SSSR count). The molecule has 7 nitrogen and oxygen atoms in total. The van der Waals surface area contributed by atoms with Gasteiger partial charge in [0, 0.05) is 5.56 Å². The predicted octanol–water partition coefficient (Wildman–Crippen LogP) is 4.55. The summed E-state index contributed by atoms with van der Waals surface area (Å²) < 4.78 is 16.2. The number of nitrogens with one attached hydrogen (secondary N) is 1. The van der Waals surface area contributed by atoms with Gasteiger partial charge >= 0.3 is 5.97 Å². The first-order valence-corrected chi connectivity index (χ1v) is 10.1. The summed E-state index contributed by atoms with van der Waals surface area (Å²) in [5.74, 6) is 0.439. The number of rotatable bonds is 9. The van der Waals surface area contributed by atoms with Gasteiger partial charge in [0.1, 0.15) is 12.4 Å². The van der Waals surface area contributed by atoms with Gasteiger partial charge in [-0.15, -0.1) is 0 Å². The number of hydrogen-bond acceptors (Lipinski definition) is 6. The molecule has 1 amide bonds. The number of carbonyl (C=O) groups is 2. The second kappa shape index (κ2) is 11.3. The Balaban J connectivity index is 1.61. The molecule has 168 valence electrons. The summed E-state index contributed by atoms with van der Waals surface area (Å²) in [7, 11) is 1.48. The molecular weight excluding hydrogens is 420 g/mol. The summed E-state index contributed by atoms with van der Waals surface area (Å²) in [4.78, 5) is 24.6. The Morgan fingerprint density at radius 1 is 0.970 bits per heavy atom. The maximum Gasteiger partial charge on any atom is 0.343 e. The van der Waals surface area contributed by atoms with Crippen molar-refractivity contribution in [2.45, 2.75) is 6.92 Å². The van der Waals surface area contributed by atoms with E-state index >= 15 is 0 Å². The molecule has 0 unspecified atom stereocenters. The topological polar surface area (TPSA) is 86.2 Å². The van der Waals surface area contributed by atoms with Crippen LogP contribution in [-0.2, 0) is 0 Å². The Kier molecular flexibility index (Phi) is 7.96. The van der Waals surface area contributed by atoms with Gasteiger partial charge in [-0.1, -0.05) is 30.4 Å². The molecule has 0 bridgehead atoms. The van der Waals surface area contributed by atoms with Crippen LogP contribution in [0, 0.1) is 6.92 Å². The fourth-order valence-corrected chi connectivity index (χ4v) is 2.78. The normalized spacial score (nSPS) is 10.5. The summed E-state index contributed by atoms with van der Waals surface area (Å²) in [6.07, 6.45) is 3.11. The lowest BCUT2D eigenvalue weighted by molar-refractivity contribution is 0.0729. The Morgan fingerprint density at radius 3 is 2.33 bits per heavy atom. The first kappa shape index (κ1) is 23.3. The monoisotopic (exact) mass is 444 g/mol. The summed E-state index contributed by atoms with van der Waals surface area (Å²) in [5, 5.41) is 3.98. The van der Waals surface area contributed by atoms with Gasteiger partial charge in [-0.05, 0) is 67.1 Å². The molecule has 7 heteroatoms. The first-order valence-electron chi connectivity index (χ1n) is 10.1. The molecule has 3 aromatic carbocycles. The number of ether oxygens (including phenoxy) is 3. The molecule has 0 aromatic heterocycles. The van der Waals surface area contributed by atoms with Crippen molar-refractivity contribution < 1.29 is 23.8 Å². The molecule has 0 fully saturated rings. The smallest absolute Gasteiger partial charge is 0.343 e. The lowest BCUT2D eigenvalue weighted by Crippen LogP contribution is -2.17. The van der Waals surface area contributed by atoms with Crippen LogP contribution in [-0.4, -0.2) is 31.8 Å². The highest BCUT2D eigenvalue weighted by Crippen LogP contribution is 2.28. The number of esters is 1. The van der Waals surface area contributed by atoms with Gasteiger partial charge in [-0.3, -0.25) is 4.79 Å². The van der Waals surface area contributed by atoms with Gasteiger partial charge in [0.25, 0.3) is 5.91 Å². The average molecular weight is 444 g/mol. The van der Waals surface area contributed by atoms with Gasteiger partial charge in [-0.2, -0.15) is 5.10 Å². The second-order valence-electron chi connectivity index (χ2n) is 6.99. The number of nitrogens with zero attached hydrogens (tertiary/aromatic N) is 1. The molecule has 3 aromatic rings. The maximum absolute atomic E-state index is 12.4. The number of hydrazone groups is 1. The molecule has 0 saturated heterocycles. The van der Waals surface area contributed by atoms with Gasteiger partial charge in [-0.25, -0.2) is 10.2 Å². The van der Waals surface area contributed by atoms with Crippen LogP contribution in [0.2, 0.25) is 0 Å². The average Bonchev–Trinajstić information content (AvgIpc) is 2.84. The fraction of sp³-hybridized carbons (Fsp3) is 0.115. The van der Waals surface area contributed by atoms with E-state index in [-0.39, 0.29) is 11.7 Å². The van der Waals surface area contributed by atoms with E-state index in [0.717, 1.165) is 5.56 Å².